The van der Waals surface area contributed by atoms with Crippen LogP contribution in [0.15, 0.2) is 49.6 Å². The van der Waals surface area contributed by atoms with E-state index >= 15 is 0 Å². The molecule has 8 rings (SSSR count). The Kier molecular flexibility index (Phi) is 37.6. The number of rotatable bonds is 8. The standard InChI is InChI=1S/C11H14N2O2.C10H12N2O2.C9H11ClN2.C4H2Cl2N2.C4H9N.5CH4.Na.H2O/c1-15-11(14)10-6-9(12-7-13-10)5-8-3-2-4-8;13-10(14)9-5-8(11-6-12-9)4-7-2-1-3-7;10-9-5-8(11-6-12-9)4-7-2-1-3-7;5-3-1-4(6)8-2-7-3;5-4-2-1-3-4;;;;;;;/h6-8H,2-5H2,1H3;5-7H,1-4H2,(H,13,14);5-7H,1-4H2;1-2H;4H,1-3,5H2;5*1H4;;1H2/q;;;;;;;;;;+1;/p-1. The Hall–Kier alpha value is -2.95. The fourth-order valence-electron chi connectivity index (χ4n) is 5.56. The van der Waals surface area contributed by atoms with E-state index in [0.717, 1.165) is 48.2 Å². The molecular formula is C43H69Cl3N9NaO5. The zero-order valence-electron chi connectivity index (χ0n) is 31.9. The first-order chi connectivity index (χ1) is 26.1. The Morgan fingerprint density at radius 3 is 1.16 bits per heavy atom. The van der Waals surface area contributed by atoms with Gasteiger partial charge in [0.05, 0.1) is 7.11 Å². The Labute approximate surface area is 402 Å². The molecule has 0 bridgehead atoms. The molecule has 14 nitrogen and oxygen atoms in total. The van der Waals surface area contributed by atoms with Crippen LogP contribution in [0.2, 0.25) is 15.5 Å². The van der Waals surface area contributed by atoms with Crippen LogP contribution >= 0.6 is 34.8 Å². The Morgan fingerprint density at radius 1 is 0.574 bits per heavy atom. The van der Waals surface area contributed by atoms with Gasteiger partial charge in [0.2, 0.25) is 0 Å². The summed E-state index contributed by atoms with van der Waals surface area (Å²) in [6.07, 6.45) is 24.1. The third-order valence-corrected chi connectivity index (χ3v) is 10.3. The van der Waals surface area contributed by atoms with Crippen molar-refractivity contribution in [3.05, 3.63) is 93.5 Å². The molecule has 18 heteroatoms. The summed E-state index contributed by atoms with van der Waals surface area (Å²) >= 11 is 16.6. The van der Waals surface area contributed by atoms with E-state index < -0.39 is 11.9 Å². The van der Waals surface area contributed by atoms with E-state index in [4.69, 9.17) is 45.6 Å². The molecule has 0 unspecified atom stereocenters. The summed E-state index contributed by atoms with van der Waals surface area (Å²) in [4.78, 5) is 52.9. The van der Waals surface area contributed by atoms with Gasteiger partial charge in [0, 0.05) is 29.2 Å². The summed E-state index contributed by atoms with van der Waals surface area (Å²) in [7, 11) is 1.36. The SMILES string of the molecule is C.C.C.C.C.COC(=O)c1cc(CC2CCC2)ncn1.Clc1cc(CC2CCC2)ncn1.Clc1cc(Cl)ncn1.NC1CCC1.O=C(O)c1cc(CC2CCC2)ncn1.[Na+].[OH-]. The van der Waals surface area contributed by atoms with Crippen molar-refractivity contribution >= 4 is 46.7 Å². The smallest absolute Gasteiger partial charge is 0.870 e. The number of carbonyl (C=O) groups excluding carboxylic acids is 1. The van der Waals surface area contributed by atoms with Crippen LogP contribution < -0.4 is 35.3 Å². The number of carboxylic acids is 1. The minimum Gasteiger partial charge on any atom is -0.870 e. The number of aromatic nitrogens is 8. The van der Waals surface area contributed by atoms with Gasteiger partial charge in [0.15, 0.2) is 11.4 Å². The zero-order valence-corrected chi connectivity index (χ0v) is 36.2. The fourth-order valence-corrected chi connectivity index (χ4v) is 6.08. The van der Waals surface area contributed by atoms with Crippen LogP contribution in [0, 0.1) is 17.8 Å². The average Bonchev–Trinajstić information content (AvgIpc) is 3.10. The molecular weight excluding hydrogens is 852 g/mol. The van der Waals surface area contributed by atoms with Crippen LogP contribution in [-0.2, 0) is 24.0 Å². The quantitative estimate of drug-likeness (QED) is 0.0975. The number of hydrogen-bond acceptors (Lipinski definition) is 13. The van der Waals surface area contributed by atoms with Gasteiger partial charge in [0.25, 0.3) is 0 Å². The number of halogens is 3. The van der Waals surface area contributed by atoms with Crippen molar-refractivity contribution in [3.8, 4) is 0 Å². The number of aromatic carboxylic acids is 1. The molecule has 0 atom stereocenters. The minimum atomic E-state index is -0.984. The van der Waals surface area contributed by atoms with Gasteiger partial charge < -0.3 is 21.1 Å². The minimum absolute atomic E-state index is 0. The number of hydrogen-bond donors (Lipinski definition) is 2. The third kappa shape index (κ3) is 25.1. The fraction of sp³-hybridized carbons (Fsp3) is 0.581. The van der Waals surface area contributed by atoms with Crippen molar-refractivity contribution in [1.82, 2.24) is 39.9 Å². The van der Waals surface area contributed by atoms with E-state index in [0.29, 0.717) is 33.1 Å². The number of carbonyl (C=O) groups is 2. The van der Waals surface area contributed by atoms with Crippen molar-refractivity contribution in [1.29, 1.82) is 0 Å². The molecule has 0 saturated heterocycles. The summed E-state index contributed by atoms with van der Waals surface area (Å²) in [6, 6.07) is 7.20. The topological polar surface area (TPSA) is 223 Å². The molecule has 4 saturated carbocycles. The van der Waals surface area contributed by atoms with Crippen LogP contribution in [0.4, 0.5) is 0 Å². The first-order valence-electron chi connectivity index (χ1n) is 18.4. The van der Waals surface area contributed by atoms with Crippen molar-refractivity contribution in [3.63, 3.8) is 0 Å². The Bertz CT molecular complexity index is 1750. The number of nitrogens with zero attached hydrogens (tertiary/aromatic N) is 8. The second kappa shape index (κ2) is 35.5. The molecule has 0 aliphatic heterocycles. The molecule has 0 amide bonds. The van der Waals surface area contributed by atoms with E-state index in [1.165, 1.54) is 116 Å². The van der Waals surface area contributed by atoms with Gasteiger partial charge in [0.1, 0.15) is 40.8 Å². The summed E-state index contributed by atoms with van der Waals surface area (Å²) in [6.45, 7) is 0. The van der Waals surface area contributed by atoms with Gasteiger partial charge in [-0.15, -0.1) is 0 Å². The van der Waals surface area contributed by atoms with Crippen molar-refractivity contribution in [2.45, 2.75) is 139 Å². The van der Waals surface area contributed by atoms with Gasteiger partial charge in [-0.05, 0) is 68.1 Å². The molecule has 0 spiro atoms. The molecule has 0 radical (unpaired) electrons. The second-order valence-corrected chi connectivity index (χ2v) is 14.9. The van der Waals surface area contributed by atoms with E-state index in [1.54, 1.807) is 12.1 Å². The molecule has 4 heterocycles. The molecule has 4 aliphatic rings. The first-order valence-corrected chi connectivity index (χ1v) is 19.5. The molecule has 61 heavy (non-hydrogen) atoms. The number of carboxylic acid groups (broad SMARTS) is 1. The predicted molar refractivity (Wildman–Crippen MR) is 242 cm³/mol. The summed E-state index contributed by atoms with van der Waals surface area (Å²) in [5.74, 6) is 0.905. The Balaban J connectivity index is -0.000000334. The normalized spacial score (nSPS) is 14.4. The van der Waals surface area contributed by atoms with Crippen molar-refractivity contribution < 1.29 is 54.5 Å². The number of ether oxygens (including phenoxy) is 1. The van der Waals surface area contributed by atoms with Gasteiger partial charge in [-0.25, -0.2) is 49.5 Å². The molecule has 4 N–H and O–H groups in total. The van der Waals surface area contributed by atoms with Gasteiger partial charge >= 0.3 is 41.5 Å². The van der Waals surface area contributed by atoms with Gasteiger partial charge in [-0.2, -0.15) is 0 Å². The van der Waals surface area contributed by atoms with Crippen LogP contribution in [-0.4, -0.2) is 75.5 Å². The zero-order chi connectivity index (χ0) is 38.7. The predicted octanol–water partition coefficient (Wildman–Crippen LogP) is 7.88. The van der Waals surface area contributed by atoms with Gasteiger partial charge in [-0.1, -0.05) is 136 Å². The van der Waals surface area contributed by atoms with E-state index in [9.17, 15) is 9.59 Å². The van der Waals surface area contributed by atoms with Crippen LogP contribution in [0.5, 0.6) is 0 Å². The molecule has 4 aromatic rings. The first kappa shape index (κ1) is 64.7. The number of esters is 1. The van der Waals surface area contributed by atoms with E-state index in [-0.39, 0.29) is 77.9 Å². The average molecular weight is 921 g/mol. The molecule has 4 aromatic heterocycles. The Morgan fingerprint density at radius 2 is 0.885 bits per heavy atom. The maximum atomic E-state index is 11.2. The van der Waals surface area contributed by atoms with Crippen molar-refractivity contribution in [2.75, 3.05) is 7.11 Å². The molecule has 338 valence electrons. The van der Waals surface area contributed by atoms with Crippen LogP contribution in [0.3, 0.4) is 0 Å². The molecule has 4 aliphatic carbocycles. The van der Waals surface area contributed by atoms with Crippen molar-refractivity contribution in [2.24, 2.45) is 23.5 Å². The number of methoxy groups -OCH3 is 1. The summed E-state index contributed by atoms with van der Waals surface area (Å²) < 4.78 is 4.61. The maximum Gasteiger partial charge on any atom is 1.00 e. The largest absolute Gasteiger partial charge is 1.00 e. The molecule has 0 aromatic carbocycles. The second-order valence-electron chi connectivity index (χ2n) is 13.8. The van der Waals surface area contributed by atoms with Crippen LogP contribution in [0.25, 0.3) is 0 Å². The summed E-state index contributed by atoms with van der Waals surface area (Å²) in [5.41, 5.74) is 8.69. The van der Waals surface area contributed by atoms with Gasteiger partial charge in [-0.3, -0.25) is 0 Å². The summed E-state index contributed by atoms with van der Waals surface area (Å²) in [5, 5.41) is 10.0. The van der Waals surface area contributed by atoms with Crippen LogP contribution in [0.1, 0.15) is 152 Å². The number of nitrogens with two attached hydrogens (primary N) is 1. The maximum absolute atomic E-state index is 11.2. The monoisotopic (exact) mass is 919 g/mol. The van der Waals surface area contributed by atoms with E-state index in [2.05, 4.69) is 44.6 Å². The third-order valence-electron chi connectivity index (χ3n) is 9.67. The van der Waals surface area contributed by atoms with E-state index in [1.807, 2.05) is 6.07 Å². The molecule has 4 fully saturated rings.